The number of rotatable bonds is 5. The molecule has 0 saturated heterocycles. The molecule has 102 valence electrons. The van der Waals surface area contributed by atoms with E-state index in [1.807, 2.05) is 0 Å². The Morgan fingerprint density at radius 3 is 2.58 bits per heavy atom. The molecule has 0 unspecified atom stereocenters. The van der Waals surface area contributed by atoms with Gasteiger partial charge in [-0.3, -0.25) is 9.59 Å². The zero-order valence-electron chi connectivity index (χ0n) is 10.2. The molecule has 0 aliphatic heterocycles. The Morgan fingerprint density at radius 2 is 2.00 bits per heavy atom. The monoisotopic (exact) mass is 284 g/mol. The largest absolute Gasteiger partial charge is 0.454 e. The maximum Gasteiger partial charge on any atom is 0.328 e. The summed E-state index contributed by atoms with van der Waals surface area (Å²) in [5.74, 6) is -2.02. The van der Waals surface area contributed by atoms with Crippen molar-refractivity contribution < 1.29 is 19.1 Å². The molecule has 0 aromatic heterocycles. The van der Waals surface area contributed by atoms with E-state index >= 15 is 0 Å². The molecule has 2 amide bonds. The number of ether oxygens (including phenoxy) is 1. The van der Waals surface area contributed by atoms with Gasteiger partial charge in [0.2, 0.25) is 0 Å². The SMILES string of the molecule is C[C@H](NC(=O)c1ccccc1Cl)C(=O)OCC(N)=O. The average molecular weight is 285 g/mol. The summed E-state index contributed by atoms with van der Waals surface area (Å²) in [4.78, 5) is 33.7. The van der Waals surface area contributed by atoms with E-state index in [4.69, 9.17) is 17.3 Å². The Hall–Kier alpha value is -2.08. The second-order valence-electron chi connectivity index (χ2n) is 3.75. The predicted octanol–water partition coefficient (Wildman–Crippen LogP) is 0.487. The molecule has 0 aliphatic rings. The number of carbonyl (C=O) groups excluding carboxylic acids is 3. The van der Waals surface area contributed by atoms with Crippen LogP contribution in [-0.2, 0) is 14.3 Å². The lowest BCUT2D eigenvalue weighted by molar-refractivity contribution is -0.149. The summed E-state index contributed by atoms with van der Waals surface area (Å²) in [5.41, 5.74) is 5.08. The molecule has 0 bridgehead atoms. The van der Waals surface area contributed by atoms with Crippen molar-refractivity contribution in [2.24, 2.45) is 5.73 Å². The molecule has 1 rings (SSSR count). The smallest absolute Gasteiger partial charge is 0.328 e. The first-order valence-electron chi connectivity index (χ1n) is 5.42. The summed E-state index contributed by atoms with van der Waals surface area (Å²) in [6, 6.07) is 5.51. The van der Waals surface area contributed by atoms with Gasteiger partial charge in [-0.2, -0.15) is 0 Å². The van der Waals surface area contributed by atoms with E-state index in [0.717, 1.165) is 0 Å². The summed E-state index contributed by atoms with van der Waals surface area (Å²) in [6.07, 6.45) is 0. The summed E-state index contributed by atoms with van der Waals surface area (Å²) >= 11 is 5.85. The first-order valence-corrected chi connectivity index (χ1v) is 5.80. The third-order valence-electron chi connectivity index (χ3n) is 2.18. The van der Waals surface area contributed by atoms with Crippen molar-refractivity contribution in [1.82, 2.24) is 5.32 Å². The lowest BCUT2D eigenvalue weighted by atomic mass is 10.2. The molecule has 0 heterocycles. The Kier molecular flexibility index (Phi) is 5.32. The standard InChI is InChI=1S/C12H13ClN2O4/c1-7(12(18)19-6-10(14)16)15-11(17)8-4-2-3-5-9(8)13/h2-5,7H,6H2,1H3,(H2,14,16)(H,15,17)/t7-/m0/s1. The van der Waals surface area contributed by atoms with Crippen LogP contribution >= 0.6 is 11.6 Å². The molecule has 1 aromatic carbocycles. The lowest BCUT2D eigenvalue weighted by Gasteiger charge is -2.13. The molecule has 3 N–H and O–H groups in total. The highest BCUT2D eigenvalue weighted by Crippen LogP contribution is 2.14. The van der Waals surface area contributed by atoms with Gasteiger partial charge >= 0.3 is 5.97 Å². The van der Waals surface area contributed by atoms with E-state index in [2.05, 4.69) is 10.1 Å². The fraction of sp³-hybridized carbons (Fsp3) is 0.250. The Bertz CT molecular complexity index is 504. The number of nitrogens with two attached hydrogens (primary N) is 1. The highest BCUT2D eigenvalue weighted by atomic mass is 35.5. The molecule has 0 aliphatic carbocycles. The number of carbonyl (C=O) groups is 3. The number of primary amides is 1. The summed E-state index contributed by atoms with van der Waals surface area (Å²) < 4.78 is 4.57. The van der Waals surface area contributed by atoms with Crippen LogP contribution in [0.15, 0.2) is 24.3 Å². The number of hydrogen-bond acceptors (Lipinski definition) is 4. The fourth-order valence-corrected chi connectivity index (χ4v) is 1.47. The van der Waals surface area contributed by atoms with E-state index in [0.29, 0.717) is 0 Å². The number of benzene rings is 1. The van der Waals surface area contributed by atoms with E-state index in [9.17, 15) is 14.4 Å². The van der Waals surface area contributed by atoms with Gasteiger partial charge in [-0.25, -0.2) is 4.79 Å². The first kappa shape index (κ1) is 15.0. The van der Waals surface area contributed by atoms with Gasteiger partial charge in [-0.1, -0.05) is 23.7 Å². The van der Waals surface area contributed by atoms with E-state index in [1.165, 1.54) is 13.0 Å². The second-order valence-corrected chi connectivity index (χ2v) is 4.16. The van der Waals surface area contributed by atoms with Crippen molar-refractivity contribution in [2.45, 2.75) is 13.0 Å². The number of nitrogens with one attached hydrogen (secondary N) is 1. The van der Waals surface area contributed by atoms with Crippen LogP contribution in [0, 0.1) is 0 Å². The van der Waals surface area contributed by atoms with Crippen molar-refractivity contribution in [3.8, 4) is 0 Å². The van der Waals surface area contributed by atoms with Gasteiger partial charge in [0, 0.05) is 0 Å². The quantitative estimate of drug-likeness (QED) is 0.769. The minimum absolute atomic E-state index is 0.249. The third kappa shape index (κ3) is 4.59. The summed E-state index contributed by atoms with van der Waals surface area (Å²) in [6.45, 7) is 0.906. The van der Waals surface area contributed by atoms with Crippen LogP contribution in [0.1, 0.15) is 17.3 Å². The molecular weight excluding hydrogens is 272 g/mol. The number of halogens is 1. The van der Waals surface area contributed by atoms with Gasteiger partial charge < -0.3 is 15.8 Å². The molecule has 0 radical (unpaired) electrons. The number of esters is 1. The molecule has 1 atom stereocenters. The highest BCUT2D eigenvalue weighted by molar-refractivity contribution is 6.33. The molecule has 0 saturated carbocycles. The second kappa shape index (κ2) is 6.75. The van der Waals surface area contributed by atoms with Gasteiger partial charge in [0.15, 0.2) is 6.61 Å². The van der Waals surface area contributed by atoms with E-state index in [1.54, 1.807) is 18.2 Å². The zero-order chi connectivity index (χ0) is 14.4. The third-order valence-corrected chi connectivity index (χ3v) is 2.51. The topological polar surface area (TPSA) is 98.5 Å². The minimum atomic E-state index is -0.914. The summed E-state index contributed by atoms with van der Waals surface area (Å²) in [5, 5.41) is 2.69. The Labute approximate surface area is 114 Å². The molecule has 6 nitrogen and oxygen atoms in total. The van der Waals surface area contributed by atoms with Crippen molar-refractivity contribution in [3.05, 3.63) is 34.9 Å². The predicted molar refractivity (Wildman–Crippen MR) is 68.5 cm³/mol. The summed E-state index contributed by atoms with van der Waals surface area (Å²) in [7, 11) is 0. The molecule has 0 spiro atoms. The Balaban J connectivity index is 2.59. The van der Waals surface area contributed by atoms with Crippen LogP contribution in [0.5, 0.6) is 0 Å². The van der Waals surface area contributed by atoms with Crippen molar-refractivity contribution in [2.75, 3.05) is 6.61 Å². The lowest BCUT2D eigenvalue weighted by Crippen LogP contribution is -2.40. The number of amides is 2. The van der Waals surface area contributed by atoms with Gasteiger partial charge in [0.25, 0.3) is 11.8 Å². The fourth-order valence-electron chi connectivity index (χ4n) is 1.25. The molecule has 7 heteroatoms. The van der Waals surface area contributed by atoms with Crippen molar-refractivity contribution in [1.29, 1.82) is 0 Å². The van der Waals surface area contributed by atoms with Crippen LogP contribution in [0.2, 0.25) is 5.02 Å². The molecular formula is C12H13ClN2O4. The van der Waals surface area contributed by atoms with Crippen molar-refractivity contribution in [3.63, 3.8) is 0 Å². The molecule has 19 heavy (non-hydrogen) atoms. The van der Waals surface area contributed by atoms with Crippen LogP contribution in [0.25, 0.3) is 0 Å². The normalized spacial score (nSPS) is 11.5. The maximum atomic E-state index is 11.8. The average Bonchev–Trinajstić information content (AvgIpc) is 2.36. The Morgan fingerprint density at radius 1 is 1.37 bits per heavy atom. The number of hydrogen-bond donors (Lipinski definition) is 2. The van der Waals surface area contributed by atoms with Gasteiger partial charge in [0.1, 0.15) is 6.04 Å². The van der Waals surface area contributed by atoms with Gasteiger partial charge in [0.05, 0.1) is 10.6 Å². The van der Waals surface area contributed by atoms with Crippen LogP contribution in [-0.4, -0.2) is 30.4 Å². The molecule has 0 fully saturated rings. The van der Waals surface area contributed by atoms with E-state index in [-0.39, 0.29) is 10.6 Å². The van der Waals surface area contributed by atoms with Crippen LogP contribution in [0.4, 0.5) is 0 Å². The van der Waals surface area contributed by atoms with Gasteiger partial charge in [-0.05, 0) is 19.1 Å². The van der Waals surface area contributed by atoms with Crippen molar-refractivity contribution >= 4 is 29.4 Å². The van der Waals surface area contributed by atoms with Crippen LogP contribution < -0.4 is 11.1 Å². The van der Waals surface area contributed by atoms with Gasteiger partial charge in [-0.15, -0.1) is 0 Å². The first-order chi connectivity index (χ1) is 8.91. The molecule has 1 aromatic rings. The highest BCUT2D eigenvalue weighted by Gasteiger charge is 2.19. The minimum Gasteiger partial charge on any atom is -0.454 e. The maximum absolute atomic E-state index is 11.8. The van der Waals surface area contributed by atoms with Crippen LogP contribution in [0.3, 0.4) is 0 Å². The van der Waals surface area contributed by atoms with E-state index < -0.39 is 30.4 Å². The zero-order valence-corrected chi connectivity index (χ0v) is 10.9.